The van der Waals surface area contributed by atoms with E-state index in [1.807, 2.05) is 19.1 Å². The van der Waals surface area contributed by atoms with Gasteiger partial charge in [0.25, 0.3) is 5.91 Å². The molecule has 0 saturated carbocycles. The Balaban J connectivity index is 1.83. The Morgan fingerprint density at radius 2 is 1.78 bits per heavy atom. The Morgan fingerprint density at radius 3 is 2.37 bits per heavy atom. The number of hydrogen-bond donors (Lipinski definition) is 2. The van der Waals surface area contributed by atoms with Crippen molar-refractivity contribution in [3.05, 3.63) is 58.1 Å². The summed E-state index contributed by atoms with van der Waals surface area (Å²) in [6, 6.07) is 12.0. The van der Waals surface area contributed by atoms with Gasteiger partial charge in [0.2, 0.25) is 5.91 Å². The molecule has 2 rings (SSSR count). The Bertz CT molecular complexity index is 850. The van der Waals surface area contributed by atoms with Crippen LogP contribution in [0.4, 0.5) is 5.69 Å². The highest BCUT2D eigenvalue weighted by Gasteiger charge is 2.16. The van der Waals surface area contributed by atoms with Crippen molar-refractivity contribution >= 4 is 39.2 Å². The quantitative estimate of drug-likeness (QED) is 0.655. The van der Waals surface area contributed by atoms with Crippen molar-refractivity contribution in [2.24, 2.45) is 0 Å². The second-order valence-corrected chi connectivity index (χ2v) is 6.98. The number of aryl methyl sites for hydroxylation is 1. The Kier molecular flexibility index (Phi) is 7.12. The summed E-state index contributed by atoms with van der Waals surface area (Å²) in [6.07, 6.45) is -0.782. The highest BCUT2D eigenvalue weighted by Crippen LogP contribution is 2.19. The summed E-state index contributed by atoms with van der Waals surface area (Å²) >= 11 is 3.37. The zero-order chi connectivity index (χ0) is 20.0. The van der Waals surface area contributed by atoms with Gasteiger partial charge in [-0.15, -0.1) is 0 Å². The third-order valence-corrected chi connectivity index (χ3v) is 4.32. The van der Waals surface area contributed by atoms with Crippen molar-refractivity contribution in [3.8, 4) is 5.75 Å². The molecule has 27 heavy (non-hydrogen) atoms. The second kappa shape index (κ2) is 9.32. The first-order chi connectivity index (χ1) is 12.8. The van der Waals surface area contributed by atoms with E-state index in [-0.39, 0.29) is 18.2 Å². The number of carbonyl (C=O) groups excluding carboxylic acids is 3. The fourth-order valence-electron chi connectivity index (χ4n) is 2.30. The molecule has 2 N–H and O–H groups in total. The molecule has 2 aromatic rings. The van der Waals surface area contributed by atoms with Gasteiger partial charge in [0.05, 0.1) is 6.54 Å². The molecule has 0 spiro atoms. The Hall–Kier alpha value is -2.67. The topological polar surface area (TPSA) is 84.5 Å². The van der Waals surface area contributed by atoms with E-state index in [9.17, 15) is 14.4 Å². The summed E-state index contributed by atoms with van der Waals surface area (Å²) in [5, 5.41) is 5.29. The fraction of sp³-hybridized carbons (Fsp3) is 0.250. The first kappa shape index (κ1) is 20.6. The molecule has 0 saturated heterocycles. The molecule has 1 unspecified atom stereocenters. The zero-order valence-electron chi connectivity index (χ0n) is 15.3. The average Bonchev–Trinajstić information content (AvgIpc) is 2.62. The van der Waals surface area contributed by atoms with E-state index in [0.717, 1.165) is 10.0 Å². The summed E-state index contributed by atoms with van der Waals surface area (Å²) in [4.78, 5) is 35.4. The van der Waals surface area contributed by atoms with E-state index in [4.69, 9.17) is 4.74 Å². The number of ether oxygens (including phenoxy) is 1. The lowest BCUT2D eigenvalue weighted by Gasteiger charge is -2.15. The van der Waals surface area contributed by atoms with Gasteiger partial charge in [-0.25, -0.2) is 0 Å². The molecule has 2 aromatic carbocycles. The predicted molar refractivity (Wildman–Crippen MR) is 107 cm³/mol. The molecule has 0 heterocycles. The number of hydrogen-bond acceptors (Lipinski definition) is 4. The molecule has 0 fully saturated rings. The molecular formula is C20H21BrN2O4. The van der Waals surface area contributed by atoms with E-state index < -0.39 is 12.0 Å². The number of Topliss-reactive ketones (excluding diaryl/α,β-unsaturated/α-hetero) is 1. The molecule has 0 bridgehead atoms. The smallest absolute Gasteiger partial charge is 0.261 e. The Labute approximate surface area is 166 Å². The van der Waals surface area contributed by atoms with Gasteiger partial charge >= 0.3 is 0 Å². The van der Waals surface area contributed by atoms with Gasteiger partial charge < -0.3 is 15.4 Å². The van der Waals surface area contributed by atoms with Gasteiger partial charge in [0.1, 0.15) is 5.75 Å². The summed E-state index contributed by atoms with van der Waals surface area (Å²) < 4.78 is 6.46. The third-order valence-electron chi connectivity index (χ3n) is 3.83. The van der Waals surface area contributed by atoms with Crippen LogP contribution in [0.25, 0.3) is 0 Å². The lowest BCUT2D eigenvalue weighted by Crippen LogP contribution is -2.40. The van der Waals surface area contributed by atoms with Crippen LogP contribution in [0.15, 0.2) is 46.9 Å². The number of benzene rings is 2. The second-order valence-electron chi connectivity index (χ2n) is 6.07. The van der Waals surface area contributed by atoms with E-state index in [1.165, 1.54) is 6.92 Å². The maximum absolute atomic E-state index is 12.1. The van der Waals surface area contributed by atoms with Crippen LogP contribution in [0.5, 0.6) is 5.75 Å². The van der Waals surface area contributed by atoms with E-state index >= 15 is 0 Å². The van der Waals surface area contributed by atoms with Crippen molar-refractivity contribution in [2.75, 3.05) is 11.9 Å². The molecule has 0 radical (unpaired) electrons. The van der Waals surface area contributed by atoms with Crippen molar-refractivity contribution in [2.45, 2.75) is 26.9 Å². The molecule has 6 nitrogen and oxygen atoms in total. The van der Waals surface area contributed by atoms with Crippen LogP contribution in [-0.4, -0.2) is 30.2 Å². The summed E-state index contributed by atoms with van der Waals surface area (Å²) in [5.74, 6) is -0.308. The molecular weight excluding hydrogens is 412 g/mol. The lowest BCUT2D eigenvalue weighted by atomic mass is 10.1. The average molecular weight is 433 g/mol. The summed E-state index contributed by atoms with van der Waals surface area (Å²) in [7, 11) is 0. The van der Waals surface area contributed by atoms with E-state index in [1.54, 1.807) is 37.3 Å². The Morgan fingerprint density at radius 1 is 1.11 bits per heavy atom. The van der Waals surface area contributed by atoms with Crippen molar-refractivity contribution in [1.29, 1.82) is 0 Å². The van der Waals surface area contributed by atoms with Crippen LogP contribution >= 0.6 is 15.9 Å². The van der Waals surface area contributed by atoms with Gasteiger partial charge in [0.15, 0.2) is 11.9 Å². The molecule has 2 amide bonds. The van der Waals surface area contributed by atoms with Crippen LogP contribution in [-0.2, 0) is 9.59 Å². The lowest BCUT2D eigenvalue weighted by molar-refractivity contribution is -0.129. The van der Waals surface area contributed by atoms with Crippen LogP contribution in [0, 0.1) is 6.92 Å². The highest BCUT2D eigenvalue weighted by molar-refractivity contribution is 9.10. The van der Waals surface area contributed by atoms with E-state index in [2.05, 4.69) is 26.6 Å². The number of amides is 2. The maximum Gasteiger partial charge on any atom is 0.261 e. The number of carbonyl (C=O) groups is 3. The monoisotopic (exact) mass is 432 g/mol. The van der Waals surface area contributed by atoms with Crippen LogP contribution in [0.1, 0.15) is 29.8 Å². The number of nitrogens with one attached hydrogen (secondary N) is 2. The van der Waals surface area contributed by atoms with Crippen LogP contribution in [0.2, 0.25) is 0 Å². The van der Waals surface area contributed by atoms with Crippen molar-refractivity contribution in [3.63, 3.8) is 0 Å². The van der Waals surface area contributed by atoms with E-state index in [0.29, 0.717) is 17.0 Å². The molecule has 0 aliphatic rings. The summed E-state index contributed by atoms with van der Waals surface area (Å²) in [6.45, 7) is 4.79. The highest BCUT2D eigenvalue weighted by atomic mass is 79.9. The predicted octanol–water partition coefficient (Wildman–Crippen LogP) is 3.48. The molecule has 0 aliphatic carbocycles. The fourth-order valence-corrected chi connectivity index (χ4v) is 2.77. The SMILES string of the molecule is CC(=O)c1ccc(OC(C)C(=O)NCC(=O)Nc2ccc(Br)cc2C)cc1. The van der Waals surface area contributed by atoms with Crippen LogP contribution < -0.4 is 15.4 Å². The number of anilines is 1. The molecule has 142 valence electrons. The van der Waals surface area contributed by atoms with Gasteiger partial charge in [-0.3, -0.25) is 14.4 Å². The van der Waals surface area contributed by atoms with Gasteiger partial charge in [-0.05, 0) is 68.8 Å². The summed E-state index contributed by atoms with van der Waals surface area (Å²) in [5.41, 5.74) is 2.17. The maximum atomic E-state index is 12.1. The standard InChI is InChI=1S/C20H21BrN2O4/c1-12-10-16(21)6-9-18(12)23-19(25)11-22-20(26)14(3)27-17-7-4-15(5-8-17)13(2)24/h4-10,14H,11H2,1-3H3,(H,22,26)(H,23,25). The molecule has 0 aliphatic heterocycles. The van der Waals surface area contributed by atoms with Gasteiger partial charge in [-0.2, -0.15) is 0 Å². The molecule has 0 aromatic heterocycles. The van der Waals surface area contributed by atoms with Crippen LogP contribution in [0.3, 0.4) is 0 Å². The minimum absolute atomic E-state index is 0.0423. The molecule has 7 heteroatoms. The normalized spacial score (nSPS) is 11.4. The number of halogens is 1. The third kappa shape index (κ3) is 6.21. The first-order valence-corrected chi connectivity index (χ1v) is 9.17. The zero-order valence-corrected chi connectivity index (χ0v) is 16.9. The van der Waals surface area contributed by atoms with Crippen molar-refractivity contribution < 1.29 is 19.1 Å². The van der Waals surface area contributed by atoms with Gasteiger partial charge in [0, 0.05) is 15.7 Å². The van der Waals surface area contributed by atoms with Gasteiger partial charge in [-0.1, -0.05) is 15.9 Å². The minimum atomic E-state index is -0.782. The molecule has 1 atom stereocenters. The minimum Gasteiger partial charge on any atom is -0.481 e. The van der Waals surface area contributed by atoms with Crippen molar-refractivity contribution in [1.82, 2.24) is 5.32 Å². The number of rotatable bonds is 7. The first-order valence-electron chi connectivity index (χ1n) is 8.37. The largest absolute Gasteiger partial charge is 0.481 e. The number of ketones is 1.